The molecular formula is C16H14FNO2S. The van der Waals surface area contributed by atoms with Crippen LogP contribution in [0.5, 0.6) is 0 Å². The molecule has 0 fully saturated rings. The van der Waals surface area contributed by atoms with Crippen LogP contribution in [-0.4, -0.2) is 17.6 Å². The number of carbonyl (C=O) groups is 1. The molecular weight excluding hydrogens is 289 g/mol. The van der Waals surface area contributed by atoms with Gasteiger partial charge in [-0.25, -0.2) is 9.18 Å². The number of para-hydroxylation sites is 1. The summed E-state index contributed by atoms with van der Waals surface area (Å²) in [4.78, 5) is 14.0. The van der Waals surface area contributed by atoms with Gasteiger partial charge in [-0.15, -0.1) is 11.3 Å². The number of aliphatic carboxylic acids is 1. The van der Waals surface area contributed by atoms with Gasteiger partial charge in [0, 0.05) is 29.6 Å². The molecule has 0 atom stereocenters. The third kappa shape index (κ3) is 2.83. The van der Waals surface area contributed by atoms with Gasteiger partial charge < -0.3 is 10.0 Å². The van der Waals surface area contributed by atoms with E-state index in [-0.39, 0.29) is 5.82 Å². The van der Waals surface area contributed by atoms with Gasteiger partial charge in [0.1, 0.15) is 5.82 Å². The fourth-order valence-electron chi connectivity index (χ4n) is 2.60. The quantitative estimate of drug-likeness (QED) is 0.882. The van der Waals surface area contributed by atoms with E-state index >= 15 is 0 Å². The predicted octanol–water partition coefficient (Wildman–Crippen LogP) is 3.55. The summed E-state index contributed by atoms with van der Waals surface area (Å²) < 4.78 is 14.2. The van der Waals surface area contributed by atoms with Gasteiger partial charge in [0.05, 0.1) is 5.69 Å². The number of halogens is 1. The van der Waals surface area contributed by atoms with Crippen LogP contribution in [0.3, 0.4) is 0 Å². The number of nitrogens with zero attached hydrogens (tertiary/aromatic N) is 1. The Labute approximate surface area is 126 Å². The van der Waals surface area contributed by atoms with E-state index in [9.17, 15) is 9.18 Å². The van der Waals surface area contributed by atoms with Crippen molar-refractivity contribution in [3.63, 3.8) is 0 Å². The van der Waals surface area contributed by atoms with Gasteiger partial charge in [0.2, 0.25) is 0 Å². The number of carboxylic acid groups (broad SMARTS) is 1. The molecule has 0 spiro atoms. The van der Waals surface area contributed by atoms with Gasteiger partial charge in [0.15, 0.2) is 0 Å². The lowest BCUT2D eigenvalue weighted by Gasteiger charge is -2.30. The zero-order chi connectivity index (χ0) is 14.8. The van der Waals surface area contributed by atoms with E-state index in [1.165, 1.54) is 22.6 Å². The molecule has 1 aliphatic heterocycles. The first-order valence-corrected chi connectivity index (χ1v) is 7.53. The molecule has 1 aliphatic rings. The van der Waals surface area contributed by atoms with Crippen LogP contribution in [0.2, 0.25) is 0 Å². The lowest BCUT2D eigenvalue weighted by atomic mass is 10.1. The number of fused-ring (bicyclic) bond motifs is 1. The fourth-order valence-corrected chi connectivity index (χ4v) is 3.49. The van der Waals surface area contributed by atoms with Crippen molar-refractivity contribution in [2.75, 3.05) is 11.4 Å². The summed E-state index contributed by atoms with van der Waals surface area (Å²) in [5, 5.41) is 10.8. The second-order valence-corrected chi connectivity index (χ2v) is 5.89. The van der Waals surface area contributed by atoms with Gasteiger partial charge in [-0.2, -0.15) is 0 Å². The molecule has 1 N–H and O–H groups in total. The van der Waals surface area contributed by atoms with E-state index in [1.807, 2.05) is 4.90 Å². The standard InChI is InChI=1S/C16H14FNO2S/c17-13-3-1-2-11(4-5-15(19)20)16(13)18-8-6-14-12(10-18)7-9-21-14/h1-5,7,9H,6,8,10H2,(H,19,20)/b5-4+. The van der Waals surface area contributed by atoms with Crippen molar-refractivity contribution < 1.29 is 14.3 Å². The maximum atomic E-state index is 14.2. The molecule has 0 aliphatic carbocycles. The summed E-state index contributed by atoms with van der Waals surface area (Å²) in [7, 11) is 0. The summed E-state index contributed by atoms with van der Waals surface area (Å²) in [6.07, 6.45) is 3.38. The third-order valence-corrected chi connectivity index (χ3v) is 4.57. The number of hydrogen-bond donors (Lipinski definition) is 1. The average molecular weight is 303 g/mol. The molecule has 0 saturated heterocycles. The molecule has 0 unspecified atom stereocenters. The van der Waals surface area contributed by atoms with Gasteiger partial charge >= 0.3 is 5.97 Å². The predicted molar refractivity (Wildman–Crippen MR) is 82.1 cm³/mol. The lowest BCUT2D eigenvalue weighted by Crippen LogP contribution is -2.30. The van der Waals surface area contributed by atoms with Crippen molar-refractivity contribution in [3.05, 3.63) is 57.5 Å². The van der Waals surface area contributed by atoms with E-state index in [0.717, 1.165) is 19.0 Å². The maximum absolute atomic E-state index is 14.2. The molecule has 108 valence electrons. The number of carboxylic acids is 1. The zero-order valence-electron chi connectivity index (χ0n) is 11.3. The smallest absolute Gasteiger partial charge is 0.328 e. The monoisotopic (exact) mass is 303 g/mol. The van der Waals surface area contributed by atoms with Crippen molar-refractivity contribution in [1.82, 2.24) is 0 Å². The van der Waals surface area contributed by atoms with Crippen LogP contribution in [-0.2, 0) is 17.8 Å². The first-order valence-electron chi connectivity index (χ1n) is 6.65. The Balaban J connectivity index is 1.97. The fraction of sp³-hybridized carbons (Fsp3) is 0.188. The van der Waals surface area contributed by atoms with Gasteiger partial charge in [-0.1, -0.05) is 12.1 Å². The second kappa shape index (κ2) is 5.69. The minimum Gasteiger partial charge on any atom is -0.478 e. The highest BCUT2D eigenvalue weighted by atomic mass is 32.1. The van der Waals surface area contributed by atoms with Crippen molar-refractivity contribution in [2.24, 2.45) is 0 Å². The Kier molecular flexibility index (Phi) is 3.75. The minimum absolute atomic E-state index is 0.318. The largest absolute Gasteiger partial charge is 0.478 e. The summed E-state index contributed by atoms with van der Waals surface area (Å²) >= 11 is 1.73. The Bertz CT molecular complexity index is 708. The highest BCUT2D eigenvalue weighted by Gasteiger charge is 2.21. The number of benzene rings is 1. The van der Waals surface area contributed by atoms with Gasteiger partial charge in [-0.3, -0.25) is 0 Å². The van der Waals surface area contributed by atoms with Crippen molar-refractivity contribution in [3.8, 4) is 0 Å². The van der Waals surface area contributed by atoms with Crippen LogP contribution in [0.25, 0.3) is 6.08 Å². The average Bonchev–Trinajstić information content (AvgIpc) is 2.92. The first-order chi connectivity index (χ1) is 10.1. The molecule has 0 amide bonds. The number of thiophene rings is 1. The SMILES string of the molecule is O=C(O)/C=C/c1cccc(F)c1N1CCc2sccc2C1. The highest BCUT2D eigenvalue weighted by Crippen LogP contribution is 2.32. The summed E-state index contributed by atoms with van der Waals surface area (Å²) in [6, 6.07) is 6.82. The second-order valence-electron chi connectivity index (χ2n) is 4.89. The van der Waals surface area contributed by atoms with E-state index in [1.54, 1.807) is 23.5 Å². The van der Waals surface area contributed by atoms with E-state index in [4.69, 9.17) is 5.11 Å². The molecule has 2 aromatic rings. The molecule has 0 radical (unpaired) electrons. The van der Waals surface area contributed by atoms with Crippen LogP contribution in [0, 0.1) is 5.82 Å². The molecule has 3 nitrogen and oxygen atoms in total. The summed E-state index contributed by atoms with van der Waals surface area (Å²) in [5.74, 6) is -1.36. The molecule has 5 heteroatoms. The zero-order valence-corrected chi connectivity index (χ0v) is 12.1. The third-order valence-electron chi connectivity index (χ3n) is 3.55. The number of anilines is 1. The Morgan fingerprint density at radius 3 is 3.05 bits per heavy atom. The van der Waals surface area contributed by atoms with Crippen molar-refractivity contribution in [2.45, 2.75) is 13.0 Å². The molecule has 3 rings (SSSR count). The van der Waals surface area contributed by atoms with Crippen LogP contribution in [0.15, 0.2) is 35.7 Å². The van der Waals surface area contributed by atoms with Crippen LogP contribution >= 0.6 is 11.3 Å². The number of rotatable bonds is 3. The first kappa shape index (κ1) is 13.8. The molecule has 1 aromatic carbocycles. The van der Waals surface area contributed by atoms with E-state index in [2.05, 4.69) is 11.4 Å². The Morgan fingerprint density at radius 1 is 1.38 bits per heavy atom. The minimum atomic E-state index is -1.04. The topological polar surface area (TPSA) is 40.5 Å². The highest BCUT2D eigenvalue weighted by molar-refractivity contribution is 7.10. The van der Waals surface area contributed by atoms with Gasteiger partial charge in [-0.05, 0) is 35.6 Å². The lowest BCUT2D eigenvalue weighted by molar-refractivity contribution is -0.131. The van der Waals surface area contributed by atoms with Crippen LogP contribution in [0.4, 0.5) is 10.1 Å². The van der Waals surface area contributed by atoms with Crippen molar-refractivity contribution >= 4 is 29.1 Å². The Morgan fingerprint density at radius 2 is 2.24 bits per heavy atom. The molecule has 2 heterocycles. The van der Waals surface area contributed by atoms with E-state index in [0.29, 0.717) is 17.8 Å². The summed E-state index contributed by atoms with van der Waals surface area (Å²) in [6.45, 7) is 1.40. The Hall–Kier alpha value is -2.14. The molecule has 21 heavy (non-hydrogen) atoms. The van der Waals surface area contributed by atoms with Crippen molar-refractivity contribution in [1.29, 1.82) is 0 Å². The summed E-state index contributed by atoms with van der Waals surface area (Å²) in [5.41, 5.74) is 2.30. The van der Waals surface area contributed by atoms with E-state index < -0.39 is 5.97 Å². The normalized spacial score (nSPS) is 14.4. The molecule has 0 bridgehead atoms. The van der Waals surface area contributed by atoms with Crippen LogP contribution in [0.1, 0.15) is 16.0 Å². The van der Waals surface area contributed by atoms with Crippen LogP contribution < -0.4 is 4.90 Å². The molecule has 1 aromatic heterocycles. The van der Waals surface area contributed by atoms with Gasteiger partial charge in [0.25, 0.3) is 0 Å². The molecule has 0 saturated carbocycles. The number of hydrogen-bond acceptors (Lipinski definition) is 3. The maximum Gasteiger partial charge on any atom is 0.328 e.